The number of aryl methyl sites for hydroxylation is 1. The molecule has 1 fully saturated rings. The second-order valence-electron chi connectivity index (χ2n) is 3.75. The molecule has 4 heteroatoms. The van der Waals surface area contributed by atoms with Crippen molar-refractivity contribution in [2.75, 3.05) is 6.61 Å². The van der Waals surface area contributed by atoms with E-state index in [0.717, 1.165) is 24.4 Å². The van der Waals surface area contributed by atoms with Crippen molar-refractivity contribution in [1.82, 2.24) is 15.2 Å². The molecule has 0 spiro atoms. The molecule has 1 N–H and O–H groups in total. The maximum absolute atomic E-state index is 8.69. The topological polar surface area (TPSA) is 58.9 Å². The molecule has 1 aliphatic rings. The van der Waals surface area contributed by atoms with Gasteiger partial charge in [0.2, 0.25) is 0 Å². The number of rotatable bonds is 4. The minimum atomic E-state index is 0.191. The third kappa shape index (κ3) is 2.07. The Morgan fingerprint density at radius 3 is 2.93 bits per heavy atom. The molecule has 2 rings (SSSR count). The summed E-state index contributed by atoms with van der Waals surface area (Å²) in [4.78, 5) is 4.45. The van der Waals surface area contributed by atoms with E-state index in [1.54, 1.807) is 6.20 Å². The summed E-state index contributed by atoms with van der Waals surface area (Å²) < 4.78 is 0. The second-order valence-corrected chi connectivity index (χ2v) is 3.75. The molecule has 0 aromatic carbocycles. The molecule has 0 bridgehead atoms. The Morgan fingerprint density at radius 1 is 1.43 bits per heavy atom. The predicted octanol–water partition coefficient (Wildman–Crippen LogP) is 1.06. The van der Waals surface area contributed by atoms with Crippen LogP contribution in [0.3, 0.4) is 0 Å². The van der Waals surface area contributed by atoms with Gasteiger partial charge in [0.15, 0.2) is 5.82 Å². The summed E-state index contributed by atoms with van der Waals surface area (Å²) in [5.74, 6) is 1.38. The van der Waals surface area contributed by atoms with Gasteiger partial charge in [0, 0.05) is 18.9 Å². The molecule has 0 saturated heterocycles. The smallest absolute Gasteiger partial charge is 0.151 e. The fourth-order valence-electron chi connectivity index (χ4n) is 1.60. The van der Waals surface area contributed by atoms with Crippen molar-refractivity contribution in [3.8, 4) is 0 Å². The Hall–Kier alpha value is -1.03. The third-order valence-corrected chi connectivity index (χ3v) is 2.70. The standard InChI is InChI=1S/C10H15N3O/c14-6-2-5-10-12-9(7-11-13-10)8-3-1-4-8/h7-8,14H,1-6H2. The van der Waals surface area contributed by atoms with Crippen LogP contribution < -0.4 is 0 Å². The predicted molar refractivity (Wildman–Crippen MR) is 51.8 cm³/mol. The van der Waals surface area contributed by atoms with E-state index in [1.165, 1.54) is 19.3 Å². The van der Waals surface area contributed by atoms with E-state index in [9.17, 15) is 0 Å². The van der Waals surface area contributed by atoms with Crippen LogP contribution in [0.4, 0.5) is 0 Å². The van der Waals surface area contributed by atoms with Crippen molar-refractivity contribution in [2.24, 2.45) is 0 Å². The molecule has 1 saturated carbocycles. The van der Waals surface area contributed by atoms with Crippen LogP contribution in [0.25, 0.3) is 0 Å². The van der Waals surface area contributed by atoms with Gasteiger partial charge in [-0.3, -0.25) is 0 Å². The fourth-order valence-corrected chi connectivity index (χ4v) is 1.60. The summed E-state index contributed by atoms with van der Waals surface area (Å²) in [5.41, 5.74) is 1.08. The molecule has 0 aliphatic heterocycles. The SMILES string of the molecule is OCCCc1nncc(C2CCC2)n1. The summed E-state index contributed by atoms with van der Waals surface area (Å²) in [6, 6.07) is 0. The summed E-state index contributed by atoms with van der Waals surface area (Å²) in [7, 11) is 0. The van der Waals surface area contributed by atoms with Gasteiger partial charge in [0.05, 0.1) is 11.9 Å². The Kier molecular flexibility index (Phi) is 3.03. The first kappa shape index (κ1) is 9.52. The Balaban J connectivity index is 2.02. The minimum absolute atomic E-state index is 0.191. The Labute approximate surface area is 83.4 Å². The maximum atomic E-state index is 8.69. The number of nitrogens with zero attached hydrogens (tertiary/aromatic N) is 3. The number of hydrogen-bond acceptors (Lipinski definition) is 4. The van der Waals surface area contributed by atoms with E-state index >= 15 is 0 Å². The fraction of sp³-hybridized carbons (Fsp3) is 0.700. The molecule has 1 heterocycles. The lowest BCUT2D eigenvalue weighted by atomic mass is 9.83. The first-order chi connectivity index (χ1) is 6.90. The lowest BCUT2D eigenvalue weighted by Crippen LogP contribution is -2.13. The second kappa shape index (κ2) is 4.46. The van der Waals surface area contributed by atoms with Gasteiger partial charge in [-0.15, -0.1) is 5.10 Å². The molecular formula is C10H15N3O. The van der Waals surface area contributed by atoms with E-state index < -0.39 is 0 Å². The van der Waals surface area contributed by atoms with Crippen LogP contribution in [0.5, 0.6) is 0 Å². The summed E-state index contributed by atoms with van der Waals surface area (Å²) in [5, 5.41) is 16.6. The average Bonchev–Trinajstić information content (AvgIpc) is 2.13. The van der Waals surface area contributed by atoms with Crippen molar-refractivity contribution < 1.29 is 5.11 Å². The van der Waals surface area contributed by atoms with Crippen LogP contribution in [-0.4, -0.2) is 26.9 Å². The van der Waals surface area contributed by atoms with Crippen LogP contribution in [-0.2, 0) is 6.42 Å². The van der Waals surface area contributed by atoms with Crippen molar-refractivity contribution in [3.63, 3.8) is 0 Å². The van der Waals surface area contributed by atoms with Gasteiger partial charge in [0.25, 0.3) is 0 Å². The van der Waals surface area contributed by atoms with Crippen molar-refractivity contribution in [3.05, 3.63) is 17.7 Å². The molecule has 76 valence electrons. The van der Waals surface area contributed by atoms with E-state index in [1.807, 2.05) is 0 Å². The van der Waals surface area contributed by atoms with Gasteiger partial charge in [-0.1, -0.05) is 6.42 Å². The lowest BCUT2D eigenvalue weighted by Gasteiger charge is -2.24. The molecule has 4 nitrogen and oxygen atoms in total. The zero-order valence-electron chi connectivity index (χ0n) is 8.19. The van der Waals surface area contributed by atoms with Gasteiger partial charge in [-0.2, -0.15) is 5.10 Å². The first-order valence-electron chi connectivity index (χ1n) is 5.19. The third-order valence-electron chi connectivity index (χ3n) is 2.70. The van der Waals surface area contributed by atoms with Crippen molar-refractivity contribution in [1.29, 1.82) is 0 Å². The van der Waals surface area contributed by atoms with Crippen molar-refractivity contribution in [2.45, 2.75) is 38.0 Å². The van der Waals surface area contributed by atoms with E-state index in [-0.39, 0.29) is 6.61 Å². The molecule has 0 atom stereocenters. The van der Waals surface area contributed by atoms with Crippen LogP contribution >= 0.6 is 0 Å². The highest BCUT2D eigenvalue weighted by Crippen LogP contribution is 2.34. The van der Waals surface area contributed by atoms with Gasteiger partial charge < -0.3 is 5.11 Å². The van der Waals surface area contributed by atoms with E-state index in [4.69, 9.17) is 5.11 Å². The first-order valence-corrected chi connectivity index (χ1v) is 5.19. The molecule has 0 radical (unpaired) electrons. The molecule has 14 heavy (non-hydrogen) atoms. The zero-order valence-corrected chi connectivity index (χ0v) is 8.19. The van der Waals surface area contributed by atoms with Crippen molar-refractivity contribution >= 4 is 0 Å². The molecule has 0 amide bonds. The lowest BCUT2D eigenvalue weighted by molar-refractivity contribution is 0.287. The van der Waals surface area contributed by atoms with Gasteiger partial charge in [-0.05, 0) is 19.3 Å². The highest BCUT2D eigenvalue weighted by Gasteiger charge is 2.21. The molecule has 0 unspecified atom stereocenters. The summed E-state index contributed by atoms with van der Waals surface area (Å²) in [6.45, 7) is 0.191. The minimum Gasteiger partial charge on any atom is -0.396 e. The molecule has 1 aromatic rings. The number of aliphatic hydroxyl groups excluding tert-OH is 1. The molecular weight excluding hydrogens is 178 g/mol. The van der Waals surface area contributed by atoms with E-state index in [0.29, 0.717) is 5.92 Å². The van der Waals surface area contributed by atoms with Crippen LogP contribution in [0.2, 0.25) is 0 Å². The van der Waals surface area contributed by atoms with Gasteiger partial charge in [-0.25, -0.2) is 4.98 Å². The van der Waals surface area contributed by atoms with Gasteiger partial charge in [0.1, 0.15) is 0 Å². The highest BCUT2D eigenvalue weighted by molar-refractivity contribution is 5.07. The average molecular weight is 193 g/mol. The monoisotopic (exact) mass is 193 g/mol. The molecule has 1 aromatic heterocycles. The van der Waals surface area contributed by atoms with Gasteiger partial charge >= 0.3 is 0 Å². The summed E-state index contributed by atoms with van der Waals surface area (Å²) >= 11 is 0. The van der Waals surface area contributed by atoms with Crippen LogP contribution in [0.15, 0.2) is 6.20 Å². The maximum Gasteiger partial charge on any atom is 0.151 e. The summed E-state index contributed by atoms with van der Waals surface area (Å²) in [6.07, 6.45) is 6.99. The quantitative estimate of drug-likeness (QED) is 0.777. The van der Waals surface area contributed by atoms with E-state index in [2.05, 4.69) is 15.2 Å². The number of hydrogen-bond donors (Lipinski definition) is 1. The zero-order chi connectivity index (χ0) is 9.80. The number of aromatic nitrogens is 3. The van der Waals surface area contributed by atoms with Crippen LogP contribution in [0, 0.1) is 0 Å². The normalized spacial score (nSPS) is 16.6. The van der Waals surface area contributed by atoms with Crippen LogP contribution in [0.1, 0.15) is 43.1 Å². The Morgan fingerprint density at radius 2 is 2.29 bits per heavy atom. The molecule has 1 aliphatic carbocycles. The largest absolute Gasteiger partial charge is 0.396 e. The Bertz CT molecular complexity index is 299. The highest BCUT2D eigenvalue weighted by atomic mass is 16.2. The number of aliphatic hydroxyl groups is 1.